The summed E-state index contributed by atoms with van der Waals surface area (Å²) in [5, 5.41) is 11.9. The summed E-state index contributed by atoms with van der Waals surface area (Å²) in [5.41, 5.74) is 0.595. The summed E-state index contributed by atoms with van der Waals surface area (Å²) < 4.78 is 5.93. The number of carboxylic acids is 1. The minimum Gasteiger partial charge on any atom is -0.497 e. The molecular formula is C14H17BrN2O4. The van der Waals surface area contributed by atoms with Gasteiger partial charge in [0.25, 0.3) is 0 Å². The highest BCUT2D eigenvalue weighted by atomic mass is 79.9. The van der Waals surface area contributed by atoms with Crippen LogP contribution < -0.4 is 10.1 Å². The monoisotopic (exact) mass is 356 g/mol. The number of nitrogens with one attached hydrogen (secondary N) is 1. The van der Waals surface area contributed by atoms with Crippen molar-refractivity contribution in [2.75, 3.05) is 19.0 Å². The van der Waals surface area contributed by atoms with Gasteiger partial charge in [-0.15, -0.1) is 0 Å². The summed E-state index contributed by atoms with van der Waals surface area (Å²) in [6.45, 7) is 2.20. The van der Waals surface area contributed by atoms with Gasteiger partial charge in [-0.2, -0.15) is 0 Å². The van der Waals surface area contributed by atoms with Crippen LogP contribution >= 0.6 is 15.9 Å². The van der Waals surface area contributed by atoms with E-state index >= 15 is 0 Å². The van der Waals surface area contributed by atoms with E-state index in [0.29, 0.717) is 24.4 Å². The lowest BCUT2D eigenvalue weighted by atomic mass is 10.0. The van der Waals surface area contributed by atoms with Crippen molar-refractivity contribution < 1.29 is 19.4 Å². The van der Waals surface area contributed by atoms with E-state index in [1.807, 2.05) is 0 Å². The molecule has 0 spiro atoms. The molecule has 2 atom stereocenters. The SMILES string of the molecule is COc1cc(Br)cc(NC(=O)N2CCC(C(=O)O)C2C)c1. The van der Waals surface area contributed by atoms with Crippen LogP contribution in [0, 0.1) is 5.92 Å². The third-order valence-electron chi connectivity index (χ3n) is 3.69. The van der Waals surface area contributed by atoms with Crippen LogP contribution in [0.5, 0.6) is 5.75 Å². The maximum Gasteiger partial charge on any atom is 0.322 e. The molecule has 2 N–H and O–H groups in total. The van der Waals surface area contributed by atoms with Crippen LogP contribution in [-0.2, 0) is 4.79 Å². The quantitative estimate of drug-likeness (QED) is 0.872. The fourth-order valence-corrected chi connectivity index (χ4v) is 2.98. The third kappa shape index (κ3) is 3.47. The number of carbonyl (C=O) groups excluding carboxylic acids is 1. The standard InChI is InChI=1S/C14H17BrN2O4/c1-8-12(13(18)19)3-4-17(8)14(20)16-10-5-9(15)6-11(7-10)21-2/h5-8,12H,3-4H2,1-2H3,(H,16,20)(H,18,19). The number of carbonyl (C=O) groups is 2. The van der Waals surface area contributed by atoms with E-state index in [1.165, 1.54) is 0 Å². The molecule has 1 aromatic carbocycles. The first kappa shape index (κ1) is 15.6. The molecule has 1 heterocycles. The number of benzene rings is 1. The van der Waals surface area contributed by atoms with Gasteiger partial charge in [0.15, 0.2) is 0 Å². The van der Waals surface area contributed by atoms with E-state index < -0.39 is 11.9 Å². The van der Waals surface area contributed by atoms with Crippen LogP contribution in [0.2, 0.25) is 0 Å². The number of anilines is 1. The van der Waals surface area contributed by atoms with Gasteiger partial charge in [0.1, 0.15) is 5.75 Å². The maximum atomic E-state index is 12.3. The number of hydrogen-bond donors (Lipinski definition) is 2. The fraction of sp³-hybridized carbons (Fsp3) is 0.429. The average molecular weight is 357 g/mol. The Morgan fingerprint density at radius 1 is 1.43 bits per heavy atom. The first-order valence-electron chi connectivity index (χ1n) is 6.57. The summed E-state index contributed by atoms with van der Waals surface area (Å²) >= 11 is 3.35. The number of likely N-dealkylation sites (tertiary alicyclic amines) is 1. The Hall–Kier alpha value is -1.76. The lowest BCUT2D eigenvalue weighted by molar-refractivity contribution is -0.142. The summed E-state index contributed by atoms with van der Waals surface area (Å²) in [7, 11) is 1.55. The Morgan fingerprint density at radius 3 is 2.71 bits per heavy atom. The molecule has 0 bridgehead atoms. The maximum absolute atomic E-state index is 12.3. The molecule has 21 heavy (non-hydrogen) atoms. The Kier molecular flexibility index (Phi) is 4.72. The minimum absolute atomic E-state index is 0.300. The van der Waals surface area contributed by atoms with Crippen molar-refractivity contribution >= 4 is 33.6 Å². The smallest absolute Gasteiger partial charge is 0.322 e. The number of amides is 2. The van der Waals surface area contributed by atoms with Crippen LogP contribution in [0.3, 0.4) is 0 Å². The molecule has 0 radical (unpaired) electrons. The van der Waals surface area contributed by atoms with E-state index in [2.05, 4.69) is 21.2 Å². The second-order valence-corrected chi connectivity index (χ2v) is 5.89. The van der Waals surface area contributed by atoms with Crippen molar-refractivity contribution in [3.63, 3.8) is 0 Å². The van der Waals surface area contributed by atoms with Gasteiger partial charge in [0.05, 0.1) is 13.0 Å². The fourth-order valence-electron chi connectivity index (χ4n) is 2.50. The van der Waals surface area contributed by atoms with E-state index in [0.717, 1.165) is 4.47 Å². The van der Waals surface area contributed by atoms with Gasteiger partial charge in [-0.05, 0) is 25.5 Å². The highest BCUT2D eigenvalue weighted by molar-refractivity contribution is 9.10. The van der Waals surface area contributed by atoms with Crippen molar-refractivity contribution in [1.82, 2.24) is 4.90 Å². The first-order valence-corrected chi connectivity index (χ1v) is 7.36. The summed E-state index contributed by atoms with van der Waals surface area (Å²) in [6, 6.07) is 4.63. The number of methoxy groups -OCH3 is 1. The molecule has 0 aliphatic carbocycles. The van der Waals surface area contributed by atoms with Crippen LogP contribution in [0.1, 0.15) is 13.3 Å². The molecule has 7 heteroatoms. The lowest BCUT2D eigenvalue weighted by Crippen LogP contribution is -2.40. The zero-order valence-electron chi connectivity index (χ0n) is 11.8. The molecule has 1 fully saturated rings. The number of nitrogens with zero attached hydrogens (tertiary/aromatic N) is 1. The lowest BCUT2D eigenvalue weighted by Gasteiger charge is -2.23. The zero-order chi connectivity index (χ0) is 15.6. The predicted molar refractivity (Wildman–Crippen MR) is 81.6 cm³/mol. The predicted octanol–water partition coefficient (Wildman–Crippen LogP) is 2.78. The Bertz CT molecular complexity index is 564. The van der Waals surface area contributed by atoms with E-state index in [4.69, 9.17) is 9.84 Å². The molecule has 2 unspecified atom stereocenters. The second kappa shape index (κ2) is 6.34. The molecule has 0 saturated carbocycles. The summed E-state index contributed by atoms with van der Waals surface area (Å²) in [5.74, 6) is -0.743. The van der Waals surface area contributed by atoms with Crippen molar-refractivity contribution in [3.8, 4) is 5.75 Å². The van der Waals surface area contributed by atoms with Crippen LogP contribution in [0.15, 0.2) is 22.7 Å². The Balaban J connectivity index is 2.08. The molecule has 2 rings (SSSR count). The molecule has 0 aromatic heterocycles. The number of aliphatic carboxylic acids is 1. The topological polar surface area (TPSA) is 78.9 Å². The highest BCUT2D eigenvalue weighted by Gasteiger charge is 2.38. The summed E-state index contributed by atoms with van der Waals surface area (Å²) in [4.78, 5) is 24.9. The average Bonchev–Trinajstić information content (AvgIpc) is 2.80. The third-order valence-corrected chi connectivity index (χ3v) is 4.15. The second-order valence-electron chi connectivity index (χ2n) is 4.98. The molecule has 2 amide bonds. The van der Waals surface area contributed by atoms with E-state index in [1.54, 1.807) is 37.1 Å². The Morgan fingerprint density at radius 2 is 2.14 bits per heavy atom. The van der Waals surface area contributed by atoms with Crippen molar-refractivity contribution in [2.45, 2.75) is 19.4 Å². The number of urea groups is 1. The molecule has 114 valence electrons. The number of hydrogen-bond acceptors (Lipinski definition) is 3. The number of ether oxygens (including phenoxy) is 1. The van der Waals surface area contributed by atoms with Crippen molar-refractivity contribution in [2.24, 2.45) is 5.92 Å². The molecular weight excluding hydrogens is 340 g/mol. The number of halogens is 1. The van der Waals surface area contributed by atoms with Crippen molar-refractivity contribution in [3.05, 3.63) is 22.7 Å². The van der Waals surface area contributed by atoms with Crippen LogP contribution in [0.4, 0.5) is 10.5 Å². The van der Waals surface area contributed by atoms with Gasteiger partial charge >= 0.3 is 12.0 Å². The normalized spacial score (nSPS) is 21.2. The largest absolute Gasteiger partial charge is 0.497 e. The van der Waals surface area contributed by atoms with Gasteiger partial charge in [-0.25, -0.2) is 4.79 Å². The number of carboxylic acid groups (broad SMARTS) is 1. The molecule has 1 aromatic rings. The van der Waals surface area contributed by atoms with Gasteiger partial charge in [0, 0.05) is 28.8 Å². The Labute approximate surface area is 131 Å². The molecule has 1 saturated heterocycles. The minimum atomic E-state index is -0.859. The van der Waals surface area contributed by atoms with E-state index in [9.17, 15) is 9.59 Å². The molecule has 1 aliphatic heterocycles. The van der Waals surface area contributed by atoms with Gasteiger partial charge in [0.2, 0.25) is 0 Å². The van der Waals surface area contributed by atoms with Crippen molar-refractivity contribution in [1.29, 1.82) is 0 Å². The zero-order valence-corrected chi connectivity index (χ0v) is 13.4. The van der Waals surface area contributed by atoms with E-state index in [-0.39, 0.29) is 12.1 Å². The van der Waals surface area contributed by atoms with Gasteiger partial charge in [-0.1, -0.05) is 15.9 Å². The molecule has 1 aliphatic rings. The van der Waals surface area contributed by atoms with Gasteiger partial charge in [-0.3, -0.25) is 4.79 Å². The first-order chi connectivity index (χ1) is 9.92. The van der Waals surface area contributed by atoms with Crippen LogP contribution in [0.25, 0.3) is 0 Å². The van der Waals surface area contributed by atoms with Crippen LogP contribution in [-0.4, -0.2) is 41.7 Å². The van der Waals surface area contributed by atoms with Gasteiger partial charge < -0.3 is 20.1 Å². The summed E-state index contributed by atoms with van der Waals surface area (Å²) in [6.07, 6.45) is 0.478. The molecule has 6 nitrogen and oxygen atoms in total. The number of rotatable bonds is 3. The highest BCUT2D eigenvalue weighted by Crippen LogP contribution is 2.27.